The molecule has 4 nitrogen and oxygen atoms in total. The van der Waals surface area contributed by atoms with Gasteiger partial charge in [0, 0.05) is 29.4 Å². The summed E-state index contributed by atoms with van der Waals surface area (Å²) in [6.07, 6.45) is 10.0. The molecule has 2 saturated carbocycles. The normalized spacial score (nSPS) is 28.5. The second-order valence-corrected chi connectivity index (χ2v) is 7.80. The number of nitrogens with one attached hydrogen (secondary N) is 1. The van der Waals surface area contributed by atoms with Crippen LogP contribution in [0.2, 0.25) is 10.0 Å². The van der Waals surface area contributed by atoms with Crippen molar-refractivity contribution < 1.29 is 4.52 Å². The third-order valence-corrected chi connectivity index (χ3v) is 6.01. The lowest BCUT2D eigenvalue weighted by atomic mass is 10.0. The molecule has 2 aromatic heterocycles. The van der Waals surface area contributed by atoms with Crippen molar-refractivity contribution in [2.24, 2.45) is 17.8 Å². The van der Waals surface area contributed by atoms with E-state index in [1.165, 1.54) is 0 Å². The van der Waals surface area contributed by atoms with E-state index in [1.807, 2.05) is 0 Å². The second-order valence-electron chi connectivity index (χ2n) is 6.98. The van der Waals surface area contributed by atoms with Gasteiger partial charge in [0.25, 0.3) is 0 Å². The number of pyridine rings is 1. The fourth-order valence-corrected chi connectivity index (χ4v) is 4.43. The van der Waals surface area contributed by atoms with Crippen LogP contribution in [0.3, 0.4) is 0 Å². The first-order valence-corrected chi connectivity index (χ1v) is 9.17. The molecule has 0 amide bonds. The molecule has 1 aliphatic heterocycles. The van der Waals surface area contributed by atoms with E-state index in [2.05, 4.69) is 27.6 Å². The van der Waals surface area contributed by atoms with Crippen LogP contribution in [0.1, 0.15) is 30.1 Å². The van der Waals surface area contributed by atoms with Gasteiger partial charge in [-0.05, 0) is 43.7 Å². The predicted molar refractivity (Wildman–Crippen MR) is 94.1 cm³/mol. The average Bonchev–Trinajstić information content (AvgIpc) is 3.42. The first kappa shape index (κ1) is 14.9. The highest BCUT2D eigenvalue weighted by Gasteiger charge is 2.51. The quantitative estimate of drug-likeness (QED) is 0.876. The Morgan fingerprint density at radius 2 is 1.83 bits per heavy atom. The maximum Gasteiger partial charge on any atom is 0.147 e. The zero-order valence-corrected chi connectivity index (χ0v) is 14.5. The highest BCUT2D eigenvalue weighted by Crippen LogP contribution is 2.51. The minimum atomic E-state index is 0.477. The van der Waals surface area contributed by atoms with Crippen LogP contribution < -0.4 is 5.32 Å². The van der Waals surface area contributed by atoms with E-state index < -0.39 is 0 Å². The van der Waals surface area contributed by atoms with Crippen molar-refractivity contribution >= 4 is 29.3 Å². The minimum Gasteiger partial charge on any atom is -0.360 e. The number of hydrogen-bond donors (Lipinski definition) is 1. The third-order valence-electron chi connectivity index (χ3n) is 5.44. The van der Waals surface area contributed by atoms with Crippen LogP contribution in [0.5, 0.6) is 0 Å². The maximum absolute atomic E-state index is 6.33. The van der Waals surface area contributed by atoms with Gasteiger partial charge in [-0.2, -0.15) is 0 Å². The number of halogens is 2. The molecule has 0 radical (unpaired) electrons. The number of hydrogen-bond acceptors (Lipinski definition) is 4. The summed E-state index contributed by atoms with van der Waals surface area (Å²) in [4.78, 5) is 4.03. The number of aromatic nitrogens is 2. The van der Waals surface area contributed by atoms with Crippen LogP contribution in [0.15, 0.2) is 23.0 Å². The van der Waals surface area contributed by atoms with E-state index in [9.17, 15) is 0 Å². The van der Waals surface area contributed by atoms with Crippen LogP contribution in [-0.2, 0) is 0 Å². The van der Waals surface area contributed by atoms with Gasteiger partial charge < -0.3 is 9.84 Å². The van der Waals surface area contributed by atoms with Crippen molar-refractivity contribution in [1.29, 1.82) is 0 Å². The monoisotopic (exact) mass is 361 g/mol. The smallest absolute Gasteiger partial charge is 0.147 e. The van der Waals surface area contributed by atoms with E-state index in [4.69, 9.17) is 27.7 Å². The lowest BCUT2D eigenvalue weighted by molar-refractivity contribution is 0.386. The Balaban J connectivity index is 1.55. The van der Waals surface area contributed by atoms with Crippen LogP contribution in [0.4, 0.5) is 0 Å². The van der Waals surface area contributed by atoms with E-state index in [0.29, 0.717) is 27.4 Å². The first-order valence-electron chi connectivity index (χ1n) is 8.42. The molecule has 6 heteroatoms. The summed E-state index contributed by atoms with van der Waals surface area (Å²) in [7, 11) is 0. The molecule has 3 fully saturated rings. The summed E-state index contributed by atoms with van der Waals surface area (Å²) in [6.45, 7) is 2.27. The summed E-state index contributed by atoms with van der Waals surface area (Å²) in [5.74, 6) is 3.70. The van der Waals surface area contributed by atoms with Crippen LogP contribution >= 0.6 is 23.2 Å². The molecule has 1 saturated heterocycles. The molecular weight excluding hydrogens is 345 g/mol. The minimum absolute atomic E-state index is 0.477. The van der Waals surface area contributed by atoms with Crippen LogP contribution in [0.25, 0.3) is 17.3 Å². The fourth-order valence-electron chi connectivity index (χ4n) is 3.89. The third kappa shape index (κ3) is 2.40. The molecule has 124 valence electrons. The Labute approximate surface area is 150 Å². The molecule has 2 atom stereocenters. The fraction of sp³-hybridized carbons (Fsp3) is 0.444. The lowest BCUT2D eigenvalue weighted by Crippen LogP contribution is -2.13. The largest absolute Gasteiger partial charge is 0.360 e. The highest BCUT2D eigenvalue weighted by molar-refractivity contribution is 6.39. The molecular formula is C18H17Cl2N3O. The molecule has 5 rings (SSSR count). The lowest BCUT2D eigenvalue weighted by Gasteiger charge is -2.04. The number of nitrogens with zero attached hydrogens (tertiary/aromatic N) is 2. The topological polar surface area (TPSA) is 51.0 Å². The van der Waals surface area contributed by atoms with Crippen LogP contribution in [-0.4, -0.2) is 23.2 Å². The summed E-state index contributed by atoms with van der Waals surface area (Å²) in [5.41, 5.74) is 2.47. The van der Waals surface area contributed by atoms with E-state index >= 15 is 0 Å². The number of fused-ring (bicyclic) bond motifs is 1. The van der Waals surface area contributed by atoms with Gasteiger partial charge in [-0.25, -0.2) is 0 Å². The van der Waals surface area contributed by atoms with Gasteiger partial charge in [-0.3, -0.25) is 4.98 Å². The SMILES string of the molecule is Clc1cncc(Cl)c1-c1noc(C2CC2)c1C=CC1C2CNCC12. The molecule has 3 aliphatic rings. The van der Waals surface area contributed by atoms with Gasteiger partial charge >= 0.3 is 0 Å². The number of piperidine rings is 1. The van der Waals surface area contributed by atoms with Crippen molar-refractivity contribution in [2.45, 2.75) is 18.8 Å². The van der Waals surface area contributed by atoms with Crippen molar-refractivity contribution in [3.05, 3.63) is 39.8 Å². The van der Waals surface area contributed by atoms with Crippen LogP contribution in [0, 0.1) is 17.8 Å². The molecule has 1 N–H and O–H groups in total. The van der Waals surface area contributed by atoms with Gasteiger partial charge in [0.05, 0.1) is 10.0 Å². The van der Waals surface area contributed by atoms with Crippen molar-refractivity contribution in [2.75, 3.05) is 13.1 Å². The van der Waals surface area contributed by atoms with E-state index in [1.54, 1.807) is 12.4 Å². The van der Waals surface area contributed by atoms with Gasteiger partial charge in [-0.15, -0.1) is 0 Å². The Hall–Kier alpha value is -1.36. The Morgan fingerprint density at radius 1 is 1.12 bits per heavy atom. The summed E-state index contributed by atoms with van der Waals surface area (Å²) in [5, 5.41) is 8.74. The number of allylic oxidation sites excluding steroid dienone is 1. The Kier molecular flexibility index (Phi) is 3.47. The number of rotatable bonds is 4. The van der Waals surface area contributed by atoms with Gasteiger partial charge in [0.15, 0.2) is 0 Å². The molecule has 0 bridgehead atoms. The average molecular weight is 362 g/mol. The molecule has 2 aliphatic carbocycles. The standard InChI is InChI=1S/C18H17Cl2N3O/c19-14-7-22-8-15(20)16(14)17-11(18(24-23-17)9-1-2-9)4-3-10-12-5-21-6-13(10)12/h3-4,7-10,12-13,21H,1-2,5-6H2. The van der Waals surface area contributed by atoms with Gasteiger partial charge in [0.1, 0.15) is 11.5 Å². The molecule has 24 heavy (non-hydrogen) atoms. The van der Waals surface area contributed by atoms with E-state index in [-0.39, 0.29) is 0 Å². The summed E-state index contributed by atoms with van der Waals surface area (Å²) >= 11 is 12.7. The molecule has 3 heterocycles. The first-order chi connectivity index (χ1) is 11.7. The molecule has 2 unspecified atom stereocenters. The second kappa shape index (κ2) is 5.58. The highest BCUT2D eigenvalue weighted by atomic mass is 35.5. The summed E-state index contributed by atoms with van der Waals surface area (Å²) in [6, 6.07) is 0. The van der Waals surface area contributed by atoms with Gasteiger partial charge in [0.2, 0.25) is 0 Å². The zero-order valence-electron chi connectivity index (χ0n) is 13.0. The van der Waals surface area contributed by atoms with Crippen molar-refractivity contribution in [3.8, 4) is 11.3 Å². The molecule has 0 aromatic carbocycles. The van der Waals surface area contributed by atoms with E-state index in [0.717, 1.165) is 54.8 Å². The zero-order chi connectivity index (χ0) is 16.3. The molecule has 0 spiro atoms. The van der Waals surface area contributed by atoms with Crippen molar-refractivity contribution in [1.82, 2.24) is 15.5 Å². The summed E-state index contributed by atoms with van der Waals surface area (Å²) < 4.78 is 5.68. The Bertz CT molecular complexity index is 797. The van der Waals surface area contributed by atoms with Gasteiger partial charge in [-0.1, -0.05) is 40.5 Å². The Morgan fingerprint density at radius 3 is 2.50 bits per heavy atom. The van der Waals surface area contributed by atoms with Crippen molar-refractivity contribution in [3.63, 3.8) is 0 Å². The predicted octanol–water partition coefficient (Wildman–Crippen LogP) is 4.40. The maximum atomic E-state index is 6.33. The molecule has 2 aromatic rings.